The number of halogens is 1. The van der Waals surface area contributed by atoms with Gasteiger partial charge in [0.15, 0.2) is 5.58 Å². The Kier molecular flexibility index (Phi) is 4.86. The molecule has 0 spiro atoms. The van der Waals surface area contributed by atoms with E-state index < -0.39 is 0 Å². The van der Waals surface area contributed by atoms with Gasteiger partial charge in [-0.05, 0) is 55.3 Å². The molecule has 24 heavy (non-hydrogen) atoms. The summed E-state index contributed by atoms with van der Waals surface area (Å²) in [6, 6.07) is 12.8. The molecule has 0 aliphatic carbocycles. The summed E-state index contributed by atoms with van der Waals surface area (Å²) in [5, 5.41) is 3.58. The van der Waals surface area contributed by atoms with E-state index in [0.717, 1.165) is 29.6 Å². The van der Waals surface area contributed by atoms with Crippen molar-refractivity contribution < 1.29 is 9.21 Å². The van der Waals surface area contributed by atoms with E-state index in [2.05, 4.69) is 10.3 Å². The van der Waals surface area contributed by atoms with Gasteiger partial charge in [0.1, 0.15) is 5.52 Å². The summed E-state index contributed by atoms with van der Waals surface area (Å²) in [4.78, 5) is 16.6. The quantitative estimate of drug-likeness (QED) is 0.663. The Bertz CT molecular complexity index is 851. The molecule has 0 unspecified atom stereocenters. The zero-order chi connectivity index (χ0) is 17.1. The molecule has 0 saturated carbocycles. The predicted molar refractivity (Wildman–Crippen MR) is 97.2 cm³/mol. The summed E-state index contributed by atoms with van der Waals surface area (Å²) < 4.78 is 5.75. The molecule has 2 aromatic carbocycles. The lowest BCUT2D eigenvalue weighted by Gasteiger charge is -2.12. The highest BCUT2D eigenvalue weighted by atomic mass is 35.5. The monoisotopic (exact) mass is 342 g/mol. The molecular formula is C19H19ClN2O2. The third-order valence-corrected chi connectivity index (χ3v) is 4.34. The van der Waals surface area contributed by atoms with Gasteiger partial charge in [0, 0.05) is 22.2 Å². The second-order valence-electron chi connectivity index (χ2n) is 5.71. The number of amides is 1. The fraction of sp³-hybridized carbons (Fsp3) is 0.263. The number of nitrogens with one attached hydrogen (secondary N) is 1. The van der Waals surface area contributed by atoms with Gasteiger partial charge in [-0.25, -0.2) is 4.98 Å². The number of fused-ring (bicyclic) bond motifs is 1. The predicted octanol–water partition coefficient (Wildman–Crippen LogP) is 5.52. The summed E-state index contributed by atoms with van der Waals surface area (Å²) in [5.74, 6) is 0.640. The van der Waals surface area contributed by atoms with Gasteiger partial charge < -0.3 is 9.73 Å². The van der Waals surface area contributed by atoms with Crippen LogP contribution in [0.25, 0.3) is 22.6 Å². The van der Waals surface area contributed by atoms with Gasteiger partial charge in [0.05, 0.1) is 0 Å². The fourth-order valence-electron chi connectivity index (χ4n) is 2.62. The molecule has 0 radical (unpaired) electrons. The van der Waals surface area contributed by atoms with Crippen LogP contribution in [0, 0.1) is 5.92 Å². The molecule has 0 aliphatic heterocycles. The standard InChI is InChI=1S/C19H19ClN2O2/c1-3-12(4-2)18(23)21-15-8-5-13(6-9-15)19-22-16-11-14(20)7-10-17(16)24-19/h5-12H,3-4H2,1-2H3,(H,21,23). The van der Waals surface area contributed by atoms with Crippen LogP contribution < -0.4 is 5.32 Å². The zero-order valence-corrected chi connectivity index (χ0v) is 14.4. The Morgan fingerprint density at radius 1 is 1.17 bits per heavy atom. The van der Waals surface area contributed by atoms with Crippen LogP contribution in [-0.2, 0) is 4.79 Å². The van der Waals surface area contributed by atoms with E-state index in [-0.39, 0.29) is 11.8 Å². The van der Waals surface area contributed by atoms with Gasteiger partial charge in [-0.2, -0.15) is 0 Å². The minimum atomic E-state index is 0.0477. The molecule has 124 valence electrons. The second kappa shape index (κ2) is 7.05. The van der Waals surface area contributed by atoms with Crippen molar-refractivity contribution in [2.75, 3.05) is 5.32 Å². The summed E-state index contributed by atoms with van der Waals surface area (Å²) >= 11 is 5.97. The molecular weight excluding hydrogens is 324 g/mol. The number of anilines is 1. The molecule has 1 heterocycles. The van der Waals surface area contributed by atoms with Crippen LogP contribution in [0.5, 0.6) is 0 Å². The largest absolute Gasteiger partial charge is 0.436 e. The third-order valence-electron chi connectivity index (χ3n) is 4.11. The normalized spacial score (nSPS) is 11.2. The number of carbonyl (C=O) groups excluding carboxylic acids is 1. The van der Waals surface area contributed by atoms with E-state index in [1.54, 1.807) is 18.2 Å². The van der Waals surface area contributed by atoms with E-state index in [9.17, 15) is 4.79 Å². The Labute approximate surface area is 145 Å². The number of nitrogens with zero attached hydrogens (tertiary/aromatic N) is 1. The van der Waals surface area contributed by atoms with Crippen molar-refractivity contribution in [2.45, 2.75) is 26.7 Å². The van der Waals surface area contributed by atoms with Crippen LogP contribution in [0.3, 0.4) is 0 Å². The van der Waals surface area contributed by atoms with Crippen molar-refractivity contribution in [1.29, 1.82) is 0 Å². The SMILES string of the molecule is CCC(CC)C(=O)Nc1ccc(-c2nc3cc(Cl)ccc3o2)cc1. The number of benzene rings is 2. The maximum atomic E-state index is 12.1. The van der Waals surface area contributed by atoms with Gasteiger partial charge in [-0.15, -0.1) is 0 Å². The number of oxazole rings is 1. The van der Waals surface area contributed by atoms with Crippen molar-refractivity contribution in [3.63, 3.8) is 0 Å². The second-order valence-corrected chi connectivity index (χ2v) is 6.15. The maximum absolute atomic E-state index is 12.1. The number of aromatic nitrogens is 1. The molecule has 3 aromatic rings. The van der Waals surface area contributed by atoms with Crippen molar-refractivity contribution >= 4 is 34.3 Å². The lowest BCUT2D eigenvalue weighted by molar-refractivity contribution is -0.120. The molecule has 1 amide bonds. The zero-order valence-electron chi connectivity index (χ0n) is 13.7. The first-order valence-electron chi connectivity index (χ1n) is 8.08. The molecule has 0 fully saturated rings. The average Bonchev–Trinajstić information content (AvgIpc) is 2.99. The minimum Gasteiger partial charge on any atom is -0.436 e. The summed E-state index contributed by atoms with van der Waals surface area (Å²) in [6.07, 6.45) is 1.68. The van der Waals surface area contributed by atoms with Crippen molar-refractivity contribution in [2.24, 2.45) is 5.92 Å². The minimum absolute atomic E-state index is 0.0477. The molecule has 1 aromatic heterocycles. The summed E-state index contributed by atoms with van der Waals surface area (Å²) in [5.41, 5.74) is 3.04. The smallest absolute Gasteiger partial charge is 0.227 e. The number of carbonyl (C=O) groups is 1. The Morgan fingerprint density at radius 3 is 2.54 bits per heavy atom. The van der Waals surface area contributed by atoms with Crippen LogP contribution in [0.2, 0.25) is 5.02 Å². The van der Waals surface area contributed by atoms with Crippen LogP contribution in [-0.4, -0.2) is 10.9 Å². The molecule has 5 heteroatoms. The van der Waals surface area contributed by atoms with Crippen molar-refractivity contribution in [3.05, 3.63) is 47.5 Å². The van der Waals surface area contributed by atoms with Crippen LogP contribution in [0.4, 0.5) is 5.69 Å². The Morgan fingerprint density at radius 2 is 1.88 bits per heavy atom. The first-order chi connectivity index (χ1) is 11.6. The highest BCUT2D eigenvalue weighted by Crippen LogP contribution is 2.27. The molecule has 3 rings (SSSR count). The van der Waals surface area contributed by atoms with Gasteiger partial charge in [0.2, 0.25) is 11.8 Å². The van der Waals surface area contributed by atoms with Gasteiger partial charge in [-0.3, -0.25) is 4.79 Å². The maximum Gasteiger partial charge on any atom is 0.227 e. The van der Waals surface area contributed by atoms with Gasteiger partial charge in [-0.1, -0.05) is 25.4 Å². The van der Waals surface area contributed by atoms with E-state index in [0.29, 0.717) is 16.5 Å². The van der Waals surface area contributed by atoms with Crippen LogP contribution in [0.1, 0.15) is 26.7 Å². The van der Waals surface area contributed by atoms with E-state index >= 15 is 0 Å². The summed E-state index contributed by atoms with van der Waals surface area (Å²) in [7, 11) is 0. The molecule has 0 atom stereocenters. The average molecular weight is 343 g/mol. The molecule has 0 aliphatic rings. The molecule has 4 nitrogen and oxygen atoms in total. The van der Waals surface area contributed by atoms with Gasteiger partial charge >= 0.3 is 0 Å². The number of rotatable bonds is 5. The molecule has 0 saturated heterocycles. The Hall–Kier alpha value is -2.33. The number of hydrogen-bond donors (Lipinski definition) is 1. The van der Waals surface area contributed by atoms with Gasteiger partial charge in [0.25, 0.3) is 0 Å². The molecule has 1 N–H and O–H groups in total. The molecule has 0 bridgehead atoms. The van der Waals surface area contributed by atoms with E-state index in [4.69, 9.17) is 16.0 Å². The fourth-order valence-corrected chi connectivity index (χ4v) is 2.79. The van der Waals surface area contributed by atoms with Crippen LogP contribution >= 0.6 is 11.6 Å². The summed E-state index contributed by atoms with van der Waals surface area (Å²) in [6.45, 7) is 4.05. The van der Waals surface area contributed by atoms with E-state index in [1.807, 2.05) is 38.1 Å². The number of hydrogen-bond acceptors (Lipinski definition) is 3. The van der Waals surface area contributed by atoms with Crippen molar-refractivity contribution in [1.82, 2.24) is 4.98 Å². The first kappa shape index (κ1) is 16.5. The van der Waals surface area contributed by atoms with Crippen LogP contribution in [0.15, 0.2) is 46.9 Å². The first-order valence-corrected chi connectivity index (χ1v) is 8.46. The van der Waals surface area contributed by atoms with E-state index in [1.165, 1.54) is 0 Å². The topological polar surface area (TPSA) is 55.1 Å². The third kappa shape index (κ3) is 3.44. The van der Waals surface area contributed by atoms with Crippen molar-refractivity contribution in [3.8, 4) is 11.5 Å². The highest BCUT2D eigenvalue weighted by Gasteiger charge is 2.14. The lowest BCUT2D eigenvalue weighted by Crippen LogP contribution is -2.21. The Balaban J connectivity index is 1.79. The highest BCUT2D eigenvalue weighted by molar-refractivity contribution is 6.31. The lowest BCUT2D eigenvalue weighted by atomic mass is 10.0.